The summed E-state index contributed by atoms with van der Waals surface area (Å²) in [5.74, 6) is -0.131. The molecule has 3 nitrogen and oxygen atoms in total. The first-order chi connectivity index (χ1) is 9.72. The molecule has 0 spiro atoms. The fourth-order valence-corrected chi connectivity index (χ4v) is 2.90. The van der Waals surface area contributed by atoms with Gasteiger partial charge in [-0.2, -0.15) is 0 Å². The third kappa shape index (κ3) is 2.79. The Bertz CT molecular complexity index is 694. The van der Waals surface area contributed by atoms with Gasteiger partial charge in [-0.15, -0.1) is 0 Å². The second-order valence-corrected chi connectivity index (χ2v) is 5.91. The van der Waals surface area contributed by atoms with Crippen LogP contribution < -0.4 is 5.32 Å². The van der Waals surface area contributed by atoms with Crippen molar-refractivity contribution in [1.29, 1.82) is 0 Å². The van der Waals surface area contributed by atoms with E-state index in [-0.39, 0.29) is 5.91 Å². The molecule has 0 unspecified atom stereocenters. The Morgan fingerprint density at radius 3 is 2.55 bits per heavy atom. The number of carbonyl (C=O) groups excluding carboxylic acids is 1. The minimum atomic E-state index is -0.131. The van der Waals surface area contributed by atoms with Crippen molar-refractivity contribution >= 4 is 40.3 Å². The molecule has 1 aromatic carbocycles. The van der Waals surface area contributed by atoms with Crippen LogP contribution in [-0.2, 0) is 4.79 Å². The average molecular weight is 298 g/mol. The lowest BCUT2D eigenvalue weighted by molar-refractivity contribution is -0.115. The first kappa shape index (κ1) is 13.0. The topological polar surface area (TPSA) is 42.0 Å². The molecule has 1 fully saturated rings. The molecule has 2 aromatic rings. The average Bonchev–Trinajstić information content (AvgIpc) is 2.79. The lowest BCUT2D eigenvalue weighted by atomic mass is 10.1. The maximum Gasteiger partial charge on any atom is 0.263 e. The Hall–Kier alpha value is -1.98. The summed E-state index contributed by atoms with van der Waals surface area (Å²) in [7, 11) is 0. The van der Waals surface area contributed by atoms with Gasteiger partial charge in [0, 0.05) is 11.8 Å². The standard InChI is InChI=1S/C15H10N2OS2/c18-14-13(20-15(19)17-14)9-10-4-6-11(7-5-10)12-3-1-2-8-16-12/h1-9H,(H,17,18,19)/b13-9-. The van der Waals surface area contributed by atoms with E-state index < -0.39 is 0 Å². The fraction of sp³-hybridized carbons (Fsp3) is 0. The van der Waals surface area contributed by atoms with Crippen molar-refractivity contribution in [3.8, 4) is 11.3 Å². The number of hydrogen-bond acceptors (Lipinski definition) is 4. The SMILES string of the molecule is O=C1NC(=S)S/C1=C\c1ccc(-c2ccccn2)cc1. The highest BCUT2D eigenvalue weighted by molar-refractivity contribution is 8.26. The maximum atomic E-state index is 11.6. The van der Waals surface area contributed by atoms with E-state index in [0.29, 0.717) is 9.23 Å². The highest BCUT2D eigenvalue weighted by Gasteiger charge is 2.21. The minimum absolute atomic E-state index is 0.131. The van der Waals surface area contributed by atoms with E-state index in [2.05, 4.69) is 10.3 Å². The molecule has 0 bridgehead atoms. The predicted octanol–water partition coefficient (Wildman–Crippen LogP) is 3.24. The Morgan fingerprint density at radius 1 is 1.15 bits per heavy atom. The van der Waals surface area contributed by atoms with Gasteiger partial charge in [-0.3, -0.25) is 9.78 Å². The third-order valence-electron chi connectivity index (χ3n) is 2.81. The van der Waals surface area contributed by atoms with Crippen LogP contribution in [0.3, 0.4) is 0 Å². The van der Waals surface area contributed by atoms with E-state index in [0.717, 1.165) is 16.8 Å². The van der Waals surface area contributed by atoms with E-state index in [4.69, 9.17) is 12.2 Å². The Kier molecular flexibility index (Phi) is 3.62. The van der Waals surface area contributed by atoms with E-state index in [9.17, 15) is 4.79 Å². The molecular weight excluding hydrogens is 288 g/mol. The fourth-order valence-electron chi connectivity index (χ4n) is 1.86. The molecule has 1 aromatic heterocycles. The van der Waals surface area contributed by atoms with Crippen LogP contribution in [0.4, 0.5) is 0 Å². The van der Waals surface area contributed by atoms with Crippen molar-refractivity contribution in [2.45, 2.75) is 0 Å². The number of aromatic nitrogens is 1. The lowest BCUT2D eigenvalue weighted by Gasteiger charge is -2.01. The van der Waals surface area contributed by atoms with Gasteiger partial charge in [0.15, 0.2) is 0 Å². The quantitative estimate of drug-likeness (QED) is 0.683. The predicted molar refractivity (Wildman–Crippen MR) is 86.0 cm³/mol. The van der Waals surface area contributed by atoms with Crippen LogP contribution >= 0.6 is 24.0 Å². The first-order valence-corrected chi connectivity index (χ1v) is 7.21. The molecule has 5 heteroatoms. The van der Waals surface area contributed by atoms with Crippen molar-refractivity contribution in [2.75, 3.05) is 0 Å². The van der Waals surface area contributed by atoms with Gasteiger partial charge in [-0.25, -0.2) is 0 Å². The lowest BCUT2D eigenvalue weighted by Crippen LogP contribution is -2.17. The van der Waals surface area contributed by atoms with Crippen molar-refractivity contribution in [1.82, 2.24) is 10.3 Å². The number of thiocarbonyl (C=S) groups is 1. The number of nitrogens with zero attached hydrogens (tertiary/aromatic N) is 1. The van der Waals surface area contributed by atoms with Gasteiger partial charge < -0.3 is 5.32 Å². The number of amides is 1. The molecule has 98 valence electrons. The zero-order chi connectivity index (χ0) is 13.9. The van der Waals surface area contributed by atoms with Crippen LogP contribution in [0.1, 0.15) is 5.56 Å². The summed E-state index contributed by atoms with van der Waals surface area (Å²) in [6, 6.07) is 13.7. The summed E-state index contributed by atoms with van der Waals surface area (Å²) in [4.78, 5) is 16.5. The first-order valence-electron chi connectivity index (χ1n) is 5.99. The summed E-state index contributed by atoms with van der Waals surface area (Å²) in [6.45, 7) is 0. The van der Waals surface area contributed by atoms with Crippen LogP contribution in [0.15, 0.2) is 53.6 Å². The Morgan fingerprint density at radius 2 is 1.95 bits per heavy atom. The van der Waals surface area contributed by atoms with Crippen LogP contribution in [-0.4, -0.2) is 15.2 Å². The zero-order valence-electron chi connectivity index (χ0n) is 10.4. The number of nitrogens with one attached hydrogen (secondary N) is 1. The molecule has 0 radical (unpaired) electrons. The van der Waals surface area contributed by atoms with E-state index in [1.807, 2.05) is 48.5 Å². The number of carbonyl (C=O) groups is 1. The molecule has 1 saturated heterocycles. The van der Waals surface area contributed by atoms with E-state index in [1.165, 1.54) is 11.8 Å². The summed E-state index contributed by atoms with van der Waals surface area (Å²) >= 11 is 6.24. The molecular formula is C15H10N2OS2. The van der Waals surface area contributed by atoms with Crippen LogP contribution in [0.5, 0.6) is 0 Å². The van der Waals surface area contributed by atoms with Crippen LogP contribution in [0, 0.1) is 0 Å². The molecule has 0 aliphatic carbocycles. The van der Waals surface area contributed by atoms with Gasteiger partial charge in [0.25, 0.3) is 5.91 Å². The van der Waals surface area contributed by atoms with Crippen molar-refractivity contribution in [3.63, 3.8) is 0 Å². The third-order valence-corrected chi connectivity index (χ3v) is 3.97. The summed E-state index contributed by atoms with van der Waals surface area (Å²) < 4.78 is 0.506. The minimum Gasteiger partial charge on any atom is -0.307 e. The highest BCUT2D eigenvalue weighted by Crippen LogP contribution is 2.26. The molecule has 0 atom stereocenters. The van der Waals surface area contributed by atoms with E-state index >= 15 is 0 Å². The largest absolute Gasteiger partial charge is 0.307 e. The van der Waals surface area contributed by atoms with Gasteiger partial charge in [-0.1, -0.05) is 54.3 Å². The maximum absolute atomic E-state index is 11.6. The molecule has 1 amide bonds. The second kappa shape index (κ2) is 5.56. The van der Waals surface area contributed by atoms with Gasteiger partial charge in [-0.05, 0) is 23.8 Å². The summed E-state index contributed by atoms with van der Waals surface area (Å²) in [5, 5.41) is 2.60. The van der Waals surface area contributed by atoms with Gasteiger partial charge >= 0.3 is 0 Å². The highest BCUT2D eigenvalue weighted by atomic mass is 32.2. The molecule has 1 N–H and O–H groups in total. The number of thioether (sulfide) groups is 1. The normalized spacial score (nSPS) is 16.5. The molecule has 3 rings (SSSR count). The van der Waals surface area contributed by atoms with Gasteiger partial charge in [0.1, 0.15) is 4.32 Å². The molecule has 20 heavy (non-hydrogen) atoms. The van der Waals surface area contributed by atoms with E-state index in [1.54, 1.807) is 6.20 Å². The number of benzene rings is 1. The van der Waals surface area contributed by atoms with Gasteiger partial charge in [0.2, 0.25) is 0 Å². The Balaban J connectivity index is 1.86. The number of hydrogen-bond donors (Lipinski definition) is 1. The Labute approximate surface area is 126 Å². The molecule has 1 aliphatic heterocycles. The summed E-state index contributed by atoms with van der Waals surface area (Å²) in [6.07, 6.45) is 3.60. The van der Waals surface area contributed by atoms with Crippen LogP contribution in [0.25, 0.3) is 17.3 Å². The summed E-state index contributed by atoms with van der Waals surface area (Å²) in [5.41, 5.74) is 2.94. The van der Waals surface area contributed by atoms with Crippen molar-refractivity contribution in [3.05, 3.63) is 59.1 Å². The molecule has 2 heterocycles. The number of rotatable bonds is 2. The zero-order valence-corrected chi connectivity index (χ0v) is 12.0. The van der Waals surface area contributed by atoms with Crippen molar-refractivity contribution in [2.24, 2.45) is 0 Å². The molecule has 1 aliphatic rings. The number of pyridine rings is 1. The van der Waals surface area contributed by atoms with Gasteiger partial charge in [0.05, 0.1) is 10.6 Å². The second-order valence-electron chi connectivity index (χ2n) is 4.19. The monoisotopic (exact) mass is 298 g/mol. The van der Waals surface area contributed by atoms with Crippen molar-refractivity contribution < 1.29 is 4.79 Å². The smallest absolute Gasteiger partial charge is 0.263 e. The van der Waals surface area contributed by atoms with Crippen LogP contribution in [0.2, 0.25) is 0 Å². The molecule has 0 saturated carbocycles.